The number of halogens is 1. The van der Waals surface area contributed by atoms with Crippen molar-refractivity contribution in [3.8, 4) is 0 Å². The number of H-pyrrole nitrogens is 1. The molecule has 1 aliphatic heterocycles. The third-order valence-electron chi connectivity index (χ3n) is 3.12. The Labute approximate surface area is 97.2 Å². The lowest BCUT2D eigenvalue weighted by Crippen LogP contribution is -2.32. The predicted octanol–water partition coefficient (Wildman–Crippen LogP) is 2.96. The van der Waals surface area contributed by atoms with Crippen LogP contribution in [0.2, 0.25) is 0 Å². The summed E-state index contributed by atoms with van der Waals surface area (Å²) >= 11 is 3.59. The lowest BCUT2D eigenvalue weighted by molar-refractivity contribution is 0.511. The first-order chi connectivity index (χ1) is 7.25. The van der Waals surface area contributed by atoms with Crippen LogP contribution in [0.15, 0.2) is 22.7 Å². The Hall–Kier alpha value is -0.800. The van der Waals surface area contributed by atoms with Gasteiger partial charge in [0.05, 0.1) is 5.52 Å². The summed E-state index contributed by atoms with van der Waals surface area (Å²) in [7, 11) is 0. The number of aromatic nitrogens is 1. The second kappa shape index (κ2) is 3.35. The number of aromatic amines is 1. The van der Waals surface area contributed by atoms with Gasteiger partial charge >= 0.3 is 0 Å². The molecule has 0 bridgehead atoms. The van der Waals surface area contributed by atoms with Crippen molar-refractivity contribution >= 4 is 26.8 Å². The SMILES string of the molecule is CC1Cc2[nH]c3c(Br)cccc3c2CN1. The summed E-state index contributed by atoms with van der Waals surface area (Å²) in [5, 5.41) is 4.85. The van der Waals surface area contributed by atoms with Gasteiger partial charge in [-0.25, -0.2) is 0 Å². The van der Waals surface area contributed by atoms with Gasteiger partial charge in [-0.05, 0) is 34.5 Å². The second-order valence-corrected chi connectivity index (χ2v) is 5.08. The van der Waals surface area contributed by atoms with Crippen LogP contribution in [0.1, 0.15) is 18.2 Å². The van der Waals surface area contributed by atoms with E-state index >= 15 is 0 Å². The number of rotatable bonds is 0. The first-order valence-electron chi connectivity index (χ1n) is 5.27. The molecule has 2 heterocycles. The van der Waals surface area contributed by atoms with Gasteiger partial charge in [-0.3, -0.25) is 0 Å². The molecule has 0 amide bonds. The molecule has 3 heteroatoms. The van der Waals surface area contributed by atoms with Crippen molar-refractivity contribution in [1.29, 1.82) is 0 Å². The van der Waals surface area contributed by atoms with Gasteiger partial charge in [-0.2, -0.15) is 0 Å². The summed E-state index contributed by atoms with van der Waals surface area (Å²) in [6.45, 7) is 3.20. The van der Waals surface area contributed by atoms with Crippen LogP contribution in [0, 0.1) is 0 Å². The first-order valence-corrected chi connectivity index (χ1v) is 6.06. The lowest BCUT2D eigenvalue weighted by Gasteiger charge is -2.20. The highest BCUT2D eigenvalue weighted by molar-refractivity contribution is 9.10. The molecule has 0 saturated heterocycles. The van der Waals surface area contributed by atoms with E-state index in [2.05, 4.69) is 51.4 Å². The molecule has 2 N–H and O–H groups in total. The Kier molecular flexibility index (Phi) is 2.11. The fourth-order valence-corrected chi connectivity index (χ4v) is 2.79. The van der Waals surface area contributed by atoms with Crippen molar-refractivity contribution in [3.63, 3.8) is 0 Å². The minimum absolute atomic E-state index is 0.573. The van der Waals surface area contributed by atoms with Crippen molar-refractivity contribution < 1.29 is 0 Å². The van der Waals surface area contributed by atoms with E-state index in [0.717, 1.165) is 17.4 Å². The number of fused-ring (bicyclic) bond motifs is 3. The Morgan fingerprint density at radius 2 is 2.27 bits per heavy atom. The molecule has 15 heavy (non-hydrogen) atoms. The van der Waals surface area contributed by atoms with Crippen LogP contribution in [-0.2, 0) is 13.0 Å². The molecule has 0 saturated carbocycles. The van der Waals surface area contributed by atoms with Crippen LogP contribution in [0.25, 0.3) is 10.9 Å². The minimum atomic E-state index is 0.573. The fraction of sp³-hybridized carbons (Fsp3) is 0.333. The average Bonchev–Trinajstić information content (AvgIpc) is 2.57. The van der Waals surface area contributed by atoms with Crippen LogP contribution in [0.5, 0.6) is 0 Å². The lowest BCUT2D eigenvalue weighted by atomic mass is 10.0. The van der Waals surface area contributed by atoms with E-state index in [9.17, 15) is 0 Å². The van der Waals surface area contributed by atoms with Gasteiger partial charge in [-0.1, -0.05) is 12.1 Å². The molecule has 1 unspecified atom stereocenters. The first kappa shape index (κ1) is 9.43. The number of hydrogen-bond acceptors (Lipinski definition) is 1. The zero-order chi connectivity index (χ0) is 10.4. The van der Waals surface area contributed by atoms with Crippen molar-refractivity contribution in [3.05, 3.63) is 33.9 Å². The van der Waals surface area contributed by atoms with Crippen molar-refractivity contribution in [2.75, 3.05) is 0 Å². The number of hydrogen-bond donors (Lipinski definition) is 2. The third kappa shape index (κ3) is 1.42. The molecule has 1 atom stereocenters. The summed E-state index contributed by atoms with van der Waals surface area (Å²) < 4.78 is 1.15. The van der Waals surface area contributed by atoms with E-state index in [1.54, 1.807) is 0 Å². The van der Waals surface area contributed by atoms with Gasteiger partial charge in [0.15, 0.2) is 0 Å². The largest absolute Gasteiger partial charge is 0.357 e. The summed E-state index contributed by atoms with van der Waals surface area (Å²) in [6, 6.07) is 6.94. The van der Waals surface area contributed by atoms with Gasteiger partial charge in [0.1, 0.15) is 0 Å². The van der Waals surface area contributed by atoms with Gasteiger partial charge in [-0.15, -0.1) is 0 Å². The van der Waals surface area contributed by atoms with E-state index in [4.69, 9.17) is 0 Å². The van der Waals surface area contributed by atoms with Gasteiger partial charge in [0.2, 0.25) is 0 Å². The fourth-order valence-electron chi connectivity index (χ4n) is 2.32. The average molecular weight is 265 g/mol. The molecular weight excluding hydrogens is 252 g/mol. The minimum Gasteiger partial charge on any atom is -0.357 e. The van der Waals surface area contributed by atoms with Crippen LogP contribution in [0.3, 0.4) is 0 Å². The normalized spacial score (nSPS) is 20.5. The maximum atomic E-state index is 3.59. The molecule has 1 aliphatic rings. The highest BCUT2D eigenvalue weighted by Crippen LogP contribution is 2.30. The van der Waals surface area contributed by atoms with E-state index in [0.29, 0.717) is 6.04 Å². The zero-order valence-corrected chi connectivity index (χ0v) is 10.2. The number of nitrogens with one attached hydrogen (secondary N) is 2. The Balaban J connectivity index is 2.27. The predicted molar refractivity (Wildman–Crippen MR) is 66.0 cm³/mol. The summed E-state index contributed by atoms with van der Waals surface area (Å²) in [6.07, 6.45) is 1.09. The summed E-state index contributed by atoms with van der Waals surface area (Å²) in [5.41, 5.74) is 4.06. The van der Waals surface area contributed by atoms with E-state index in [1.807, 2.05) is 0 Å². The summed E-state index contributed by atoms with van der Waals surface area (Å²) in [5.74, 6) is 0. The number of para-hydroxylation sites is 1. The maximum absolute atomic E-state index is 3.59. The molecule has 0 spiro atoms. The molecular formula is C12H13BrN2. The zero-order valence-electron chi connectivity index (χ0n) is 8.60. The molecule has 0 radical (unpaired) electrons. The number of benzene rings is 1. The highest BCUT2D eigenvalue weighted by atomic mass is 79.9. The molecule has 1 aromatic heterocycles. The monoisotopic (exact) mass is 264 g/mol. The molecule has 0 fully saturated rings. The van der Waals surface area contributed by atoms with E-state index in [1.165, 1.54) is 22.2 Å². The molecule has 2 aromatic rings. The molecule has 78 valence electrons. The smallest absolute Gasteiger partial charge is 0.0603 e. The molecule has 3 rings (SSSR count). The molecule has 1 aromatic carbocycles. The Morgan fingerprint density at radius 3 is 3.13 bits per heavy atom. The van der Waals surface area contributed by atoms with Crippen LogP contribution < -0.4 is 5.32 Å². The standard InChI is InChI=1S/C12H13BrN2/c1-7-5-11-9(6-14-7)8-3-2-4-10(13)12(8)15-11/h2-4,7,14-15H,5-6H2,1H3. The third-order valence-corrected chi connectivity index (χ3v) is 3.78. The molecule has 0 aliphatic carbocycles. The maximum Gasteiger partial charge on any atom is 0.0603 e. The Bertz CT molecular complexity index is 516. The Morgan fingerprint density at radius 1 is 1.40 bits per heavy atom. The molecule has 2 nitrogen and oxygen atoms in total. The van der Waals surface area contributed by atoms with Crippen molar-refractivity contribution in [1.82, 2.24) is 10.3 Å². The van der Waals surface area contributed by atoms with Crippen LogP contribution in [0.4, 0.5) is 0 Å². The van der Waals surface area contributed by atoms with Gasteiger partial charge < -0.3 is 10.3 Å². The van der Waals surface area contributed by atoms with E-state index < -0.39 is 0 Å². The van der Waals surface area contributed by atoms with Gasteiger partial charge in [0.25, 0.3) is 0 Å². The van der Waals surface area contributed by atoms with Crippen LogP contribution >= 0.6 is 15.9 Å². The van der Waals surface area contributed by atoms with Crippen molar-refractivity contribution in [2.24, 2.45) is 0 Å². The highest BCUT2D eigenvalue weighted by Gasteiger charge is 2.19. The quantitative estimate of drug-likeness (QED) is 0.753. The summed E-state index contributed by atoms with van der Waals surface area (Å²) in [4.78, 5) is 3.53. The van der Waals surface area contributed by atoms with E-state index in [-0.39, 0.29) is 0 Å². The van der Waals surface area contributed by atoms with Gasteiger partial charge in [0, 0.05) is 34.6 Å². The van der Waals surface area contributed by atoms with Crippen LogP contribution in [-0.4, -0.2) is 11.0 Å². The van der Waals surface area contributed by atoms with Crippen molar-refractivity contribution in [2.45, 2.75) is 25.9 Å². The topological polar surface area (TPSA) is 27.8 Å². The second-order valence-electron chi connectivity index (χ2n) is 4.23.